The van der Waals surface area contributed by atoms with Crippen molar-refractivity contribution in [2.24, 2.45) is 0 Å². The van der Waals surface area contributed by atoms with Gasteiger partial charge in [0.2, 0.25) is 0 Å². The van der Waals surface area contributed by atoms with Crippen LogP contribution in [0, 0.1) is 5.82 Å². The van der Waals surface area contributed by atoms with Crippen molar-refractivity contribution >= 4 is 33.9 Å². The van der Waals surface area contributed by atoms with Crippen molar-refractivity contribution in [3.63, 3.8) is 0 Å². The molecule has 2 heterocycles. The predicted molar refractivity (Wildman–Crippen MR) is 116 cm³/mol. The number of fused-ring (bicyclic) bond motifs is 1. The third kappa shape index (κ3) is 4.08. The first-order valence-electron chi connectivity index (χ1n) is 9.44. The van der Waals surface area contributed by atoms with E-state index in [1.165, 1.54) is 28.2 Å². The van der Waals surface area contributed by atoms with E-state index in [-0.39, 0.29) is 17.1 Å². The third-order valence-electron chi connectivity index (χ3n) is 4.63. The van der Waals surface area contributed by atoms with Gasteiger partial charge in [-0.3, -0.25) is 25.2 Å². The minimum atomic E-state index is -0.637. The molecule has 7 nitrogen and oxygen atoms in total. The van der Waals surface area contributed by atoms with Gasteiger partial charge in [0.1, 0.15) is 5.82 Å². The lowest BCUT2D eigenvalue weighted by Crippen LogP contribution is -2.42. The lowest BCUT2D eigenvalue weighted by Gasteiger charge is -2.10. The first kappa shape index (κ1) is 20.4. The zero-order chi connectivity index (χ0) is 22.0. The quantitative estimate of drug-likeness (QED) is 0.480. The minimum Gasteiger partial charge on any atom is -0.267 e. The van der Waals surface area contributed by atoms with Gasteiger partial charge in [-0.1, -0.05) is 30.3 Å². The molecule has 0 radical (unpaired) electrons. The second-order valence-corrected chi connectivity index (χ2v) is 7.68. The number of hydrogen-bond donors (Lipinski definition) is 2. The van der Waals surface area contributed by atoms with Crippen LogP contribution >= 0.6 is 11.3 Å². The predicted octanol–water partition coefficient (Wildman–Crippen LogP) is 3.36. The van der Waals surface area contributed by atoms with Crippen LogP contribution in [0.25, 0.3) is 21.2 Å². The number of carbonyl (C=O) groups is 2. The number of hydrazine groups is 1. The molecular weight excluding hydrogens is 419 g/mol. The number of nitrogens with one attached hydrogen (secondary N) is 2. The molecule has 4 rings (SSSR count). The zero-order valence-corrected chi connectivity index (χ0v) is 17.2. The summed E-state index contributed by atoms with van der Waals surface area (Å²) in [7, 11) is 0. The highest BCUT2D eigenvalue weighted by Gasteiger charge is 2.18. The van der Waals surface area contributed by atoms with Crippen LogP contribution in [0.3, 0.4) is 0 Å². The van der Waals surface area contributed by atoms with Crippen molar-refractivity contribution in [1.82, 2.24) is 20.6 Å². The fourth-order valence-electron chi connectivity index (χ4n) is 3.08. The summed E-state index contributed by atoms with van der Waals surface area (Å²) < 4.78 is 14.3. The smallest absolute Gasteiger partial charge is 0.267 e. The molecule has 0 saturated heterocycles. The van der Waals surface area contributed by atoms with Crippen LogP contribution in [-0.4, -0.2) is 21.6 Å². The molecule has 0 bridgehead atoms. The SMILES string of the molecule is CCn1nc(C(=O)NNC(=O)c2ccc(-c3ccc(F)cc3)s2)c2ccccc2c1=O. The van der Waals surface area contributed by atoms with E-state index in [0.29, 0.717) is 22.2 Å². The van der Waals surface area contributed by atoms with E-state index in [0.717, 1.165) is 10.4 Å². The fourth-order valence-corrected chi connectivity index (χ4v) is 3.99. The summed E-state index contributed by atoms with van der Waals surface area (Å²) in [6.07, 6.45) is 0. The Labute approximate surface area is 180 Å². The molecule has 31 heavy (non-hydrogen) atoms. The van der Waals surface area contributed by atoms with Gasteiger partial charge in [-0.05, 0) is 42.8 Å². The van der Waals surface area contributed by atoms with E-state index in [1.54, 1.807) is 55.5 Å². The van der Waals surface area contributed by atoms with Gasteiger partial charge in [0, 0.05) is 16.8 Å². The maximum Gasteiger partial charge on any atom is 0.290 e. The second-order valence-electron chi connectivity index (χ2n) is 6.59. The number of benzene rings is 2. The number of nitrogens with zero attached hydrogens (tertiary/aromatic N) is 2. The lowest BCUT2D eigenvalue weighted by atomic mass is 10.1. The number of rotatable bonds is 4. The molecule has 2 amide bonds. The van der Waals surface area contributed by atoms with E-state index in [4.69, 9.17) is 0 Å². The summed E-state index contributed by atoms with van der Waals surface area (Å²) >= 11 is 1.21. The highest BCUT2D eigenvalue weighted by Crippen LogP contribution is 2.28. The lowest BCUT2D eigenvalue weighted by molar-refractivity contribution is 0.0846. The molecule has 9 heteroatoms. The van der Waals surface area contributed by atoms with Crippen LogP contribution in [0.1, 0.15) is 27.1 Å². The molecule has 0 saturated carbocycles. The Morgan fingerprint density at radius 3 is 2.35 bits per heavy atom. The van der Waals surface area contributed by atoms with Gasteiger partial charge in [-0.25, -0.2) is 9.07 Å². The van der Waals surface area contributed by atoms with Crippen LogP contribution in [0.5, 0.6) is 0 Å². The van der Waals surface area contributed by atoms with Gasteiger partial charge < -0.3 is 0 Å². The van der Waals surface area contributed by atoms with Crippen molar-refractivity contribution < 1.29 is 14.0 Å². The Morgan fingerprint density at radius 2 is 1.65 bits per heavy atom. The Kier molecular flexibility index (Phi) is 5.59. The van der Waals surface area contributed by atoms with Crippen LogP contribution in [-0.2, 0) is 6.54 Å². The van der Waals surface area contributed by atoms with E-state index in [1.807, 2.05) is 0 Å². The first-order valence-corrected chi connectivity index (χ1v) is 10.3. The number of halogens is 1. The molecular formula is C22H17FN4O3S. The van der Waals surface area contributed by atoms with Gasteiger partial charge in [0.05, 0.1) is 10.3 Å². The zero-order valence-electron chi connectivity index (χ0n) is 16.4. The van der Waals surface area contributed by atoms with Gasteiger partial charge in [0.25, 0.3) is 17.4 Å². The molecule has 4 aromatic rings. The first-order chi connectivity index (χ1) is 15.0. The molecule has 2 aromatic heterocycles. The van der Waals surface area contributed by atoms with Gasteiger partial charge in [0.15, 0.2) is 5.69 Å². The molecule has 0 spiro atoms. The van der Waals surface area contributed by atoms with E-state index in [2.05, 4.69) is 16.0 Å². The average Bonchev–Trinajstić information content (AvgIpc) is 3.28. The monoisotopic (exact) mass is 436 g/mol. The number of carbonyl (C=O) groups excluding carboxylic acids is 2. The normalized spacial score (nSPS) is 10.8. The molecule has 2 N–H and O–H groups in total. The Bertz CT molecular complexity index is 1350. The molecule has 0 unspecified atom stereocenters. The standard InChI is InChI=1S/C22H17FN4O3S/c1-2-27-22(30)16-6-4-3-5-15(16)19(26-27)21(29)25-24-20(28)18-12-11-17(31-18)13-7-9-14(23)10-8-13/h3-12H,2H2,1H3,(H,24,28)(H,25,29). The van der Waals surface area contributed by atoms with E-state index in [9.17, 15) is 18.8 Å². The summed E-state index contributed by atoms with van der Waals surface area (Å²) in [5, 5.41) is 4.91. The Hall–Kier alpha value is -3.85. The number of amides is 2. The van der Waals surface area contributed by atoms with Crippen LogP contribution in [0.4, 0.5) is 4.39 Å². The number of thiophene rings is 1. The highest BCUT2D eigenvalue weighted by atomic mass is 32.1. The van der Waals surface area contributed by atoms with E-state index < -0.39 is 11.8 Å². The molecule has 0 fully saturated rings. The average molecular weight is 436 g/mol. The van der Waals surface area contributed by atoms with Crippen molar-refractivity contribution in [2.75, 3.05) is 0 Å². The Morgan fingerprint density at radius 1 is 0.968 bits per heavy atom. The van der Waals surface area contributed by atoms with Gasteiger partial charge >= 0.3 is 0 Å². The van der Waals surface area contributed by atoms with Crippen molar-refractivity contribution in [3.05, 3.63) is 87.4 Å². The van der Waals surface area contributed by atoms with Crippen LogP contribution in [0.15, 0.2) is 65.5 Å². The topological polar surface area (TPSA) is 93.1 Å². The van der Waals surface area contributed by atoms with Gasteiger partial charge in [-0.15, -0.1) is 11.3 Å². The maximum atomic E-state index is 13.1. The molecule has 0 aliphatic rings. The molecule has 0 atom stereocenters. The molecule has 0 aliphatic carbocycles. The summed E-state index contributed by atoms with van der Waals surface area (Å²) in [4.78, 5) is 38.7. The molecule has 2 aromatic carbocycles. The maximum absolute atomic E-state index is 13.1. The third-order valence-corrected chi connectivity index (χ3v) is 5.76. The number of aromatic nitrogens is 2. The van der Waals surface area contributed by atoms with Gasteiger partial charge in [-0.2, -0.15) is 5.10 Å². The van der Waals surface area contributed by atoms with Crippen molar-refractivity contribution in [3.8, 4) is 10.4 Å². The highest BCUT2D eigenvalue weighted by molar-refractivity contribution is 7.17. The van der Waals surface area contributed by atoms with Crippen LogP contribution < -0.4 is 16.4 Å². The Balaban J connectivity index is 1.52. The minimum absolute atomic E-state index is 0.0375. The molecule has 0 aliphatic heterocycles. The molecule has 156 valence electrons. The van der Waals surface area contributed by atoms with E-state index >= 15 is 0 Å². The largest absolute Gasteiger partial charge is 0.290 e. The van der Waals surface area contributed by atoms with Crippen molar-refractivity contribution in [2.45, 2.75) is 13.5 Å². The summed E-state index contributed by atoms with van der Waals surface area (Å²) in [5.74, 6) is -1.47. The second kappa shape index (κ2) is 8.49. The number of hydrogen-bond acceptors (Lipinski definition) is 5. The summed E-state index contributed by atoms with van der Waals surface area (Å²) in [6.45, 7) is 2.06. The summed E-state index contributed by atoms with van der Waals surface area (Å²) in [5.41, 5.74) is 5.27. The summed E-state index contributed by atoms with van der Waals surface area (Å²) in [6, 6.07) is 16.0. The van der Waals surface area contributed by atoms with Crippen molar-refractivity contribution in [1.29, 1.82) is 0 Å². The fraction of sp³-hybridized carbons (Fsp3) is 0.0909. The van der Waals surface area contributed by atoms with Crippen LogP contribution in [0.2, 0.25) is 0 Å². The number of aryl methyl sites for hydroxylation is 1.